The number of carbonyl (C=O) groups is 2. The second kappa shape index (κ2) is 9.21. The summed E-state index contributed by atoms with van der Waals surface area (Å²) in [4.78, 5) is 24.6. The summed E-state index contributed by atoms with van der Waals surface area (Å²) in [5, 5.41) is 9.25. The Balaban J connectivity index is 1.53. The summed E-state index contributed by atoms with van der Waals surface area (Å²) >= 11 is 0. The van der Waals surface area contributed by atoms with Gasteiger partial charge in [-0.25, -0.2) is 8.42 Å². The van der Waals surface area contributed by atoms with Crippen LogP contribution in [0.25, 0.3) is 0 Å². The van der Waals surface area contributed by atoms with Gasteiger partial charge in [0.1, 0.15) is 6.04 Å². The lowest BCUT2D eigenvalue weighted by molar-refractivity contribution is -0.119. The lowest BCUT2D eigenvalue weighted by Gasteiger charge is -2.14. The van der Waals surface area contributed by atoms with Crippen molar-refractivity contribution in [2.75, 3.05) is 16.4 Å². The van der Waals surface area contributed by atoms with Crippen molar-refractivity contribution in [1.82, 2.24) is 9.78 Å². The molecule has 0 bridgehead atoms. The molecule has 0 radical (unpaired) electrons. The van der Waals surface area contributed by atoms with Crippen LogP contribution < -0.4 is 10.6 Å². The maximum atomic E-state index is 12.4. The van der Waals surface area contributed by atoms with Crippen LogP contribution in [0.15, 0.2) is 42.7 Å². The summed E-state index contributed by atoms with van der Waals surface area (Å²) in [5.74, 6) is -0.735. The van der Waals surface area contributed by atoms with E-state index >= 15 is 0 Å². The third kappa shape index (κ3) is 5.66. The molecule has 8 nitrogen and oxygen atoms in total. The molecule has 1 saturated carbocycles. The number of hydrogen-bond acceptors (Lipinski definition) is 5. The maximum absolute atomic E-state index is 12.4. The van der Waals surface area contributed by atoms with E-state index in [1.807, 2.05) is 0 Å². The predicted molar refractivity (Wildman–Crippen MR) is 111 cm³/mol. The number of carbonyl (C=O) groups excluding carboxylic acids is 2. The number of benzene rings is 1. The van der Waals surface area contributed by atoms with Crippen LogP contribution >= 0.6 is 0 Å². The standard InChI is InChI=1S/C20H26N4O4S/c1-15(24-12-5-11-21-24)20(26)23-17-7-4-6-16(14-17)22-19(25)10-13-29(27,28)18-8-2-3-9-18/h4-7,11-12,14-15,18H,2-3,8-10,13H2,1H3,(H,22,25)(H,23,26). The molecule has 1 aromatic heterocycles. The normalized spacial score (nSPS) is 15.8. The van der Waals surface area contributed by atoms with Gasteiger partial charge in [-0.05, 0) is 44.0 Å². The van der Waals surface area contributed by atoms with Crippen molar-refractivity contribution in [2.45, 2.75) is 50.3 Å². The van der Waals surface area contributed by atoms with E-state index in [1.165, 1.54) is 0 Å². The van der Waals surface area contributed by atoms with Gasteiger partial charge in [-0.15, -0.1) is 0 Å². The summed E-state index contributed by atoms with van der Waals surface area (Å²) in [5.41, 5.74) is 1.03. The molecule has 156 valence electrons. The van der Waals surface area contributed by atoms with E-state index in [9.17, 15) is 18.0 Å². The molecule has 2 N–H and O–H groups in total. The molecule has 2 aromatic rings. The second-order valence-corrected chi connectivity index (χ2v) is 9.70. The van der Waals surface area contributed by atoms with Gasteiger partial charge in [0, 0.05) is 30.2 Å². The number of rotatable bonds is 8. The van der Waals surface area contributed by atoms with Crippen LogP contribution in [0.4, 0.5) is 11.4 Å². The van der Waals surface area contributed by atoms with Gasteiger partial charge in [0.25, 0.3) is 0 Å². The van der Waals surface area contributed by atoms with E-state index in [4.69, 9.17) is 0 Å². The van der Waals surface area contributed by atoms with Crippen molar-refractivity contribution in [2.24, 2.45) is 0 Å². The zero-order valence-electron chi connectivity index (χ0n) is 16.4. The van der Waals surface area contributed by atoms with Gasteiger partial charge >= 0.3 is 0 Å². The van der Waals surface area contributed by atoms with Crippen LogP contribution in [0.1, 0.15) is 45.1 Å². The van der Waals surface area contributed by atoms with E-state index in [2.05, 4.69) is 15.7 Å². The Labute approximate surface area is 170 Å². The third-order valence-electron chi connectivity index (χ3n) is 5.14. The smallest absolute Gasteiger partial charge is 0.248 e. The highest BCUT2D eigenvalue weighted by Crippen LogP contribution is 2.25. The van der Waals surface area contributed by atoms with Gasteiger partial charge in [0.05, 0.1) is 11.0 Å². The predicted octanol–water partition coefficient (Wildman–Crippen LogP) is 2.77. The van der Waals surface area contributed by atoms with Gasteiger partial charge in [0.2, 0.25) is 11.8 Å². The third-order valence-corrected chi connectivity index (χ3v) is 7.40. The summed E-state index contributed by atoms with van der Waals surface area (Å²) in [6.45, 7) is 1.73. The average Bonchev–Trinajstić information content (AvgIpc) is 3.40. The largest absolute Gasteiger partial charge is 0.326 e. The molecule has 29 heavy (non-hydrogen) atoms. The van der Waals surface area contributed by atoms with Crippen LogP contribution in [0.2, 0.25) is 0 Å². The first-order valence-corrected chi connectivity index (χ1v) is 11.5. The van der Waals surface area contributed by atoms with Gasteiger partial charge in [-0.1, -0.05) is 18.9 Å². The molecule has 1 aliphatic carbocycles. The fraction of sp³-hybridized carbons (Fsp3) is 0.450. The summed E-state index contributed by atoms with van der Waals surface area (Å²) in [7, 11) is -3.23. The van der Waals surface area contributed by atoms with E-state index in [0.29, 0.717) is 24.2 Å². The molecule has 3 rings (SSSR count). The summed E-state index contributed by atoms with van der Waals surface area (Å²) in [6, 6.07) is 8.01. The minimum atomic E-state index is -3.23. The first kappa shape index (κ1) is 21.0. The van der Waals surface area contributed by atoms with Crippen molar-refractivity contribution in [3.05, 3.63) is 42.7 Å². The van der Waals surface area contributed by atoms with E-state index in [0.717, 1.165) is 12.8 Å². The van der Waals surface area contributed by atoms with Crippen LogP contribution in [-0.4, -0.2) is 41.0 Å². The Morgan fingerprint density at radius 1 is 1.17 bits per heavy atom. The number of anilines is 2. The van der Waals surface area contributed by atoms with Gasteiger partial charge in [0.15, 0.2) is 9.84 Å². The molecule has 9 heteroatoms. The molecule has 0 spiro atoms. The van der Waals surface area contributed by atoms with Crippen LogP contribution in [0.3, 0.4) is 0 Å². The molecule has 0 aliphatic heterocycles. The number of sulfone groups is 1. The number of nitrogens with one attached hydrogen (secondary N) is 2. The molecule has 1 aromatic carbocycles. The van der Waals surface area contributed by atoms with Crippen LogP contribution in [0, 0.1) is 0 Å². The molecule has 1 atom stereocenters. The van der Waals surface area contributed by atoms with E-state index in [1.54, 1.807) is 54.3 Å². The van der Waals surface area contributed by atoms with Crippen molar-refractivity contribution in [3.8, 4) is 0 Å². The van der Waals surface area contributed by atoms with Crippen molar-refractivity contribution >= 4 is 33.0 Å². The highest BCUT2D eigenvalue weighted by atomic mass is 32.2. The molecule has 0 saturated heterocycles. The van der Waals surface area contributed by atoms with Gasteiger partial charge in [-0.2, -0.15) is 5.10 Å². The first-order chi connectivity index (χ1) is 13.8. The fourth-order valence-electron chi connectivity index (χ4n) is 3.42. The SMILES string of the molecule is CC(C(=O)Nc1cccc(NC(=O)CCS(=O)(=O)C2CCCC2)c1)n1cccn1. The maximum Gasteiger partial charge on any atom is 0.248 e. The van der Waals surface area contributed by atoms with Crippen molar-refractivity contribution in [3.63, 3.8) is 0 Å². The Hall–Kier alpha value is -2.68. The summed E-state index contributed by atoms with van der Waals surface area (Å²) in [6.07, 6.45) is 6.51. The monoisotopic (exact) mass is 418 g/mol. The zero-order chi connectivity index (χ0) is 20.9. The molecular weight excluding hydrogens is 392 g/mol. The lowest BCUT2D eigenvalue weighted by atomic mass is 10.2. The van der Waals surface area contributed by atoms with Gasteiger partial charge < -0.3 is 10.6 Å². The number of aromatic nitrogens is 2. The minimum absolute atomic E-state index is 0.0776. The first-order valence-electron chi connectivity index (χ1n) is 9.76. The van der Waals surface area contributed by atoms with Crippen molar-refractivity contribution in [1.29, 1.82) is 0 Å². The number of hydrogen-bond donors (Lipinski definition) is 2. The lowest BCUT2D eigenvalue weighted by Crippen LogP contribution is -2.25. The van der Waals surface area contributed by atoms with Crippen LogP contribution in [0.5, 0.6) is 0 Å². The Morgan fingerprint density at radius 2 is 1.86 bits per heavy atom. The molecule has 1 unspecified atom stereocenters. The number of amides is 2. The van der Waals surface area contributed by atoms with E-state index < -0.39 is 15.9 Å². The quantitative estimate of drug-likeness (QED) is 0.685. The van der Waals surface area contributed by atoms with Crippen molar-refractivity contribution < 1.29 is 18.0 Å². The molecule has 1 aliphatic rings. The second-order valence-electron chi connectivity index (χ2n) is 7.30. The number of nitrogens with zero attached hydrogens (tertiary/aromatic N) is 2. The average molecular weight is 419 g/mol. The summed E-state index contributed by atoms with van der Waals surface area (Å²) < 4.78 is 26.1. The Kier molecular flexibility index (Phi) is 6.68. The Morgan fingerprint density at radius 3 is 2.52 bits per heavy atom. The Bertz CT molecular complexity index is 951. The molecule has 1 fully saturated rings. The minimum Gasteiger partial charge on any atom is -0.326 e. The zero-order valence-corrected chi connectivity index (χ0v) is 17.2. The highest BCUT2D eigenvalue weighted by Gasteiger charge is 2.28. The fourth-order valence-corrected chi connectivity index (χ4v) is 5.28. The van der Waals surface area contributed by atoms with E-state index in [-0.39, 0.29) is 29.2 Å². The molecular formula is C20H26N4O4S. The molecule has 1 heterocycles. The highest BCUT2D eigenvalue weighted by molar-refractivity contribution is 7.92. The molecule has 2 amide bonds. The topological polar surface area (TPSA) is 110 Å². The van der Waals surface area contributed by atoms with Gasteiger partial charge in [-0.3, -0.25) is 14.3 Å². The van der Waals surface area contributed by atoms with Crippen LogP contribution in [-0.2, 0) is 19.4 Å².